The molecule has 0 amide bonds. The van der Waals surface area contributed by atoms with E-state index in [1.165, 1.54) is 0 Å². The standard InChI is InChI=1S/C12H12O12.5Na/c13-7(14)1-2(8(15)16)4(10(19)20)6(12(23)24)5(11(21)22)3(1)9(17)18;;;;;/h1-6H,(H,13,14)(H,15,16)(H,17,18)(H,19,20)(H,21,22)(H,23,24);;;;;. The number of aliphatic carboxylic acids is 6. The van der Waals surface area contributed by atoms with Crippen LogP contribution in [0.5, 0.6) is 0 Å². The van der Waals surface area contributed by atoms with Crippen LogP contribution in [0.25, 0.3) is 0 Å². The van der Waals surface area contributed by atoms with Crippen LogP contribution in [-0.4, -0.2) is 214 Å². The molecular formula is C12H12Na5O12. The SMILES string of the molecule is O=C(O)C1C(C(=O)O)C(C(=O)O)C(C(=O)O)C(C(=O)O)C1C(=O)O.[Na].[Na].[Na].[Na].[Na]. The Morgan fingerprint density at radius 3 is 0.414 bits per heavy atom. The molecule has 1 rings (SSSR count). The summed E-state index contributed by atoms with van der Waals surface area (Å²) in [4.78, 5) is 68.0. The van der Waals surface area contributed by atoms with Crippen molar-refractivity contribution in [3.8, 4) is 0 Å². The van der Waals surface area contributed by atoms with Crippen LogP contribution in [0.15, 0.2) is 0 Å². The van der Waals surface area contributed by atoms with Crippen molar-refractivity contribution in [1.29, 1.82) is 0 Å². The van der Waals surface area contributed by atoms with E-state index < -0.39 is 71.3 Å². The Morgan fingerprint density at radius 2 is 0.379 bits per heavy atom. The Balaban J connectivity index is -0.000000384. The molecule has 29 heavy (non-hydrogen) atoms. The molecule has 0 atom stereocenters. The van der Waals surface area contributed by atoms with Crippen LogP contribution in [0.1, 0.15) is 0 Å². The fourth-order valence-corrected chi connectivity index (χ4v) is 3.18. The second-order valence-electron chi connectivity index (χ2n) is 5.18. The molecule has 6 N–H and O–H groups in total. The maximum Gasteiger partial charge on any atom is 0.308 e. The summed E-state index contributed by atoms with van der Waals surface area (Å²) in [5.74, 6) is -26.9. The molecule has 0 unspecified atom stereocenters. The van der Waals surface area contributed by atoms with Crippen molar-refractivity contribution in [3.63, 3.8) is 0 Å². The van der Waals surface area contributed by atoms with Gasteiger partial charge >= 0.3 is 35.8 Å². The van der Waals surface area contributed by atoms with Gasteiger partial charge in [0, 0.05) is 148 Å². The van der Waals surface area contributed by atoms with Gasteiger partial charge in [-0.05, 0) is 0 Å². The van der Waals surface area contributed by atoms with E-state index in [9.17, 15) is 28.8 Å². The van der Waals surface area contributed by atoms with Gasteiger partial charge in [0.05, 0.1) is 35.5 Å². The smallest absolute Gasteiger partial charge is 0.308 e. The van der Waals surface area contributed by atoms with Gasteiger partial charge in [0.25, 0.3) is 0 Å². The Labute approximate surface area is 274 Å². The van der Waals surface area contributed by atoms with Crippen LogP contribution < -0.4 is 0 Å². The molecule has 0 aromatic rings. The minimum atomic E-state index is -2.43. The summed E-state index contributed by atoms with van der Waals surface area (Å²) >= 11 is 0. The molecular weight excluding hydrogens is 451 g/mol. The zero-order valence-corrected chi connectivity index (χ0v) is 26.6. The average Bonchev–Trinajstić information content (AvgIpc) is 2.42. The van der Waals surface area contributed by atoms with Gasteiger partial charge in [-0.3, -0.25) is 28.8 Å². The summed E-state index contributed by atoms with van der Waals surface area (Å²) in [6.07, 6.45) is 0. The topological polar surface area (TPSA) is 224 Å². The molecule has 1 aliphatic carbocycles. The minimum Gasteiger partial charge on any atom is -0.481 e. The second kappa shape index (κ2) is 17.3. The summed E-state index contributed by atoms with van der Waals surface area (Å²) < 4.78 is 0. The number of carbonyl (C=O) groups is 6. The van der Waals surface area contributed by atoms with Gasteiger partial charge in [0.15, 0.2) is 0 Å². The first-order valence-corrected chi connectivity index (χ1v) is 6.30. The quantitative estimate of drug-likeness (QED) is 0.209. The molecule has 1 fully saturated rings. The Morgan fingerprint density at radius 1 is 0.310 bits per heavy atom. The van der Waals surface area contributed by atoms with Gasteiger partial charge in [-0.25, -0.2) is 0 Å². The van der Waals surface area contributed by atoms with E-state index >= 15 is 0 Å². The summed E-state index contributed by atoms with van der Waals surface area (Å²) in [7, 11) is 0. The fourth-order valence-electron chi connectivity index (χ4n) is 3.18. The van der Waals surface area contributed by atoms with Crippen molar-refractivity contribution in [1.82, 2.24) is 0 Å². The molecule has 0 aromatic heterocycles. The van der Waals surface area contributed by atoms with Gasteiger partial charge in [-0.2, -0.15) is 0 Å². The van der Waals surface area contributed by atoms with E-state index in [0.717, 1.165) is 0 Å². The van der Waals surface area contributed by atoms with E-state index in [-0.39, 0.29) is 148 Å². The third kappa shape index (κ3) is 9.30. The van der Waals surface area contributed by atoms with Gasteiger partial charge in [0.1, 0.15) is 0 Å². The van der Waals surface area contributed by atoms with Crippen LogP contribution in [0.3, 0.4) is 0 Å². The second-order valence-corrected chi connectivity index (χ2v) is 5.18. The number of hydrogen-bond acceptors (Lipinski definition) is 6. The molecule has 5 radical (unpaired) electrons. The van der Waals surface area contributed by atoms with Gasteiger partial charge in [0.2, 0.25) is 0 Å². The van der Waals surface area contributed by atoms with Crippen molar-refractivity contribution >= 4 is 184 Å². The van der Waals surface area contributed by atoms with E-state index in [1.807, 2.05) is 0 Å². The normalized spacial score (nSPS) is 26.9. The zero-order chi connectivity index (χ0) is 18.9. The van der Waals surface area contributed by atoms with Crippen molar-refractivity contribution in [2.45, 2.75) is 0 Å². The molecule has 1 aliphatic rings. The molecule has 1 saturated carbocycles. The number of hydrogen-bond donors (Lipinski definition) is 6. The van der Waals surface area contributed by atoms with E-state index in [1.54, 1.807) is 0 Å². The van der Waals surface area contributed by atoms with Crippen LogP contribution in [0.4, 0.5) is 0 Å². The Hall–Kier alpha value is 1.82. The van der Waals surface area contributed by atoms with Crippen molar-refractivity contribution in [3.05, 3.63) is 0 Å². The van der Waals surface area contributed by atoms with Gasteiger partial charge < -0.3 is 30.6 Å². The van der Waals surface area contributed by atoms with Gasteiger partial charge in [-0.1, -0.05) is 0 Å². The third-order valence-electron chi connectivity index (χ3n) is 4.03. The first-order valence-electron chi connectivity index (χ1n) is 6.30. The maximum absolute atomic E-state index is 11.3. The molecule has 0 bridgehead atoms. The van der Waals surface area contributed by atoms with Crippen LogP contribution >= 0.6 is 0 Å². The average molecular weight is 463 g/mol. The molecule has 0 aliphatic heterocycles. The fraction of sp³-hybridized carbons (Fsp3) is 0.500. The summed E-state index contributed by atoms with van der Waals surface area (Å²) in [6, 6.07) is 0. The van der Waals surface area contributed by atoms with E-state index in [4.69, 9.17) is 30.6 Å². The number of rotatable bonds is 6. The molecule has 17 heteroatoms. The maximum atomic E-state index is 11.3. The summed E-state index contributed by atoms with van der Waals surface area (Å²) in [5.41, 5.74) is 0. The molecule has 0 aromatic carbocycles. The Bertz CT molecular complexity index is 489. The van der Waals surface area contributed by atoms with E-state index in [0.29, 0.717) is 0 Å². The van der Waals surface area contributed by atoms with Crippen LogP contribution in [-0.2, 0) is 28.8 Å². The largest absolute Gasteiger partial charge is 0.481 e. The number of carboxylic acids is 6. The molecule has 12 nitrogen and oxygen atoms in total. The Kier molecular flexibility index (Phi) is 24.5. The van der Waals surface area contributed by atoms with Crippen molar-refractivity contribution in [2.24, 2.45) is 35.5 Å². The van der Waals surface area contributed by atoms with E-state index in [2.05, 4.69) is 0 Å². The predicted molar refractivity (Wildman–Crippen MR) is 95.5 cm³/mol. The zero-order valence-electron chi connectivity index (χ0n) is 16.6. The minimum absolute atomic E-state index is 0. The summed E-state index contributed by atoms with van der Waals surface area (Å²) in [5, 5.41) is 54.8. The predicted octanol–water partition coefficient (Wildman–Crippen LogP) is -3.70. The molecule has 0 saturated heterocycles. The van der Waals surface area contributed by atoms with Crippen molar-refractivity contribution in [2.75, 3.05) is 0 Å². The molecule has 0 spiro atoms. The number of carboxylic acid groups (broad SMARTS) is 6. The molecule has 0 heterocycles. The summed E-state index contributed by atoms with van der Waals surface area (Å²) in [6.45, 7) is 0. The monoisotopic (exact) mass is 463 g/mol. The first-order chi connectivity index (χ1) is 10.9. The van der Waals surface area contributed by atoms with Crippen LogP contribution in [0, 0.1) is 35.5 Å². The van der Waals surface area contributed by atoms with Gasteiger partial charge in [-0.15, -0.1) is 0 Å². The first kappa shape index (κ1) is 41.1. The van der Waals surface area contributed by atoms with Crippen molar-refractivity contribution < 1.29 is 59.4 Å². The molecule has 137 valence electrons. The van der Waals surface area contributed by atoms with Crippen LogP contribution in [0.2, 0.25) is 0 Å². The third-order valence-corrected chi connectivity index (χ3v) is 4.03.